The standard InChI is InChI=1S/C42H62O9/c1-9-21-45-40-31(8)37(50-42-38(29(6)28(5)34(10-2)47-42)46-24-33-19-15-12-16-20-33)39(35(22-43)48-40)51-41-30(7)26(3)27(4)36(49-41)25-44-23-32-17-13-11-14-18-32/h9,11-20,26-31,34-43H,1,10,21-25H2,2-8H3/t26-,27-,28-,29-,30?,31?,34?,35?,36?,37+,38?,39+,40-,41-,42-/m0/s1. The molecule has 51 heavy (non-hydrogen) atoms. The highest BCUT2D eigenvalue weighted by molar-refractivity contribution is 5.14. The number of aliphatic hydroxyl groups excluding tert-OH is 1. The van der Waals surface area contributed by atoms with Crippen LogP contribution in [0.5, 0.6) is 0 Å². The Bertz CT molecular complexity index is 1300. The van der Waals surface area contributed by atoms with E-state index >= 15 is 0 Å². The minimum absolute atomic E-state index is 0.00165. The van der Waals surface area contributed by atoms with Crippen LogP contribution in [0.1, 0.15) is 66.0 Å². The third-order valence-electron chi connectivity index (χ3n) is 11.7. The fourth-order valence-electron chi connectivity index (χ4n) is 7.75. The lowest BCUT2D eigenvalue weighted by Crippen LogP contribution is -2.62. The molecule has 3 aliphatic heterocycles. The van der Waals surface area contributed by atoms with E-state index in [-0.39, 0.29) is 60.4 Å². The van der Waals surface area contributed by atoms with E-state index in [1.54, 1.807) is 6.08 Å². The molecule has 9 heteroatoms. The molecule has 0 spiro atoms. The molecule has 9 nitrogen and oxygen atoms in total. The fraction of sp³-hybridized carbons (Fsp3) is 0.667. The summed E-state index contributed by atoms with van der Waals surface area (Å²) in [7, 11) is 0. The van der Waals surface area contributed by atoms with Gasteiger partial charge in [0, 0.05) is 11.8 Å². The van der Waals surface area contributed by atoms with Crippen molar-refractivity contribution >= 4 is 0 Å². The lowest BCUT2D eigenvalue weighted by atomic mass is 9.79. The molecule has 3 heterocycles. The Labute approximate surface area is 305 Å². The van der Waals surface area contributed by atoms with Gasteiger partial charge in [-0.3, -0.25) is 0 Å². The molecule has 3 fully saturated rings. The first kappa shape index (κ1) is 40.0. The number of aliphatic hydroxyl groups is 1. The maximum Gasteiger partial charge on any atom is 0.184 e. The first-order chi connectivity index (χ1) is 24.7. The van der Waals surface area contributed by atoms with Crippen molar-refractivity contribution in [1.29, 1.82) is 0 Å². The number of hydrogen-bond acceptors (Lipinski definition) is 9. The number of hydrogen-bond donors (Lipinski definition) is 1. The summed E-state index contributed by atoms with van der Waals surface area (Å²) in [5.74, 6) is 0.748. The lowest BCUT2D eigenvalue weighted by Gasteiger charge is -2.51. The van der Waals surface area contributed by atoms with Gasteiger partial charge in [0.2, 0.25) is 0 Å². The lowest BCUT2D eigenvalue weighted by molar-refractivity contribution is -0.370. The van der Waals surface area contributed by atoms with Gasteiger partial charge in [-0.25, -0.2) is 0 Å². The van der Waals surface area contributed by atoms with Gasteiger partial charge in [0.1, 0.15) is 18.3 Å². The minimum Gasteiger partial charge on any atom is -0.394 e. The predicted molar refractivity (Wildman–Crippen MR) is 195 cm³/mol. The second kappa shape index (κ2) is 19.2. The van der Waals surface area contributed by atoms with Gasteiger partial charge < -0.3 is 43.0 Å². The van der Waals surface area contributed by atoms with Crippen molar-refractivity contribution in [2.45, 2.75) is 124 Å². The van der Waals surface area contributed by atoms with E-state index < -0.39 is 37.2 Å². The molecule has 0 bridgehead atoms. The van der Waals surface area contributed by atoms with E-state index in [0.717, 1.165) is 17.5 Å². The van der Waals surface area contributed by atoms with Crippen LogP contribution < -0.4 is 0 Å². The van der Waals surface area contributed by atoms with Crippen molar-refractivity contribution in [2.75, 3.05) is 19.8 Å². The summed E-state index contributed by atoms with van der Waals surface area (Å²) < 4.78 is 52.7. The molecule has 0 radical (unpaired) electrons. The van der Waals surface area contributed by atoms with Gasteiger partial charge >= 0.3 is 0 Å². The molecule has 6 unspecified atom stereocenters. The van der Waals surface area contributed by atoms with Crippen molar-refractivity contribution in [1.82, 2.24) is 0 Å². The summed E-state index contributed by atoms with van der Waals surface area (Å²) in [6.45, 7) is 20.5. The van der Waals surface area contributed by atoms with E-state index in [1.165, 1.54) is 0 Å². The van der Waals surface area contributed by atoms with Gasteiger partial charge in [-0.15, -0.1) is 6.58 Å². The topological polar surface area (TPSA) is 94.1 Å². The van der Waals surface area contributed by atoms with Crippen molar-refractivity contribution in [3.63, 3.8) is 0 Å². The third-order valence-corrected chi connectivity index (χ3v) is 11.7. The smallest absolute Gasteiger partial charge is 0.184 e. The first-order valence-corrected chi connectivity index (χ1v) is 19.0. The molecular weight excluding hydrogens is 648 g/mol. The van der Waals surface area contributed by atoms with E-state index in [9.17, 15) is 5.11 Å². The molecule has 3 aliphatic rings. The molecule has 0 amide bonds. The van der Waals surface area contributed by atoms with Crippen molar-refractivity contribution < 1.29 is 43.0 Å². The average molecular weight is 711 g/mol. The van der Waals surface area contributed by atoms with E-state index in [2.05, 4.69) is 72.4 Å². The molecule has 1 N–H and O–H groups in total. The summed E-state index contributed by atoms with van der Waals surface area (Å²) in [5.41, 5.74) is 2.20. The average Bonchev–Trinajstić information content (AvgIpc) is 3.15. The van der Waals surface area contributed by atoms with Gasteiger partial charge in [-0.1, -0.05) is 115 Å². The molecule has 284 valence electrons. The Morgan fingerprint density at radius 3 is 1.82 bits per heavy atom. The molecule has 5 rings (SSSR count). The van der Waals surface area contributed by atoms with Crippen molar-refractivity contribution in [3.05, 3.63) is 84.4 Å². The zero-order chi connectivity index (χ0) is 36.5. The van der Waals surface area contributed by atoms with E-state index in [0.29, 0.717) is 26.4 Å². The van der Waals surface area contributed by atoms with E-state index in [4.69, 9.17) is 37.9 Å². The Morgan fingerprint density at radius 1 is 0.608 bits per heavy atom. The predicted octanol–water partition coefficient (Wildman–Crippen LogP) is 7.16. The van der Waals surface area contributed by atoms with Crippen LogP contribution in [0.15, 0.2) is 73.3 Å². The highest BCUT2D eigenvalue weighted by Gasteiger charge is 2.52. The summed E-state index contributed by atoms with van der Waals surface area (Å²) in [6.07, 6.45) is -1.87. The van der Waals surface area contributed by atoms with Crippen LogP contribution in [0, 0.1) is 35.5 Å². The highest BCUT2D eigenvalue weighted by Crippen LogP contribution is 2.41. The maximum atomic E-state index is 10.7. The summed E-state index contributed by atoms with van der Waals surface area (Å²) >= 11 is 0. The molecule has 0 saturated carbocycles. The van der Waals surface area contributed by atoms with Crippen LogP contribution in [0.4, 0.5) is 0 Å². The molecule has 0 aliphatic carbocycles. The normalized spacial score (nSPS) is 38.7. The number of benzene rings is 2. The number of rotatable bonds is 16. The van der Waals surface area contributed by atoms with Crippen LogP contribution in [0.3, 0.4) is 0 Å². The fourth-order valence-corrected chi connectivity index (χ4v) is 7.75. The maximum absolute atomic E-state index is 10.7. The summed E-state index contributed by atoms with van der Waals surface area (Å²) in [6, 6.07) is 20.3. The molecule has 3 saturated heterocycles. The van der Waals surface area contributed by atoms with Crippen LogP contribution in [0.25, 0.3) is 0 Å². The molecule has 15 atom stereocenters. The Kier molecular flexibility index (Phi) is 15.1. The Morgan fingerprint density at radius 2 is 1.20 bits per heavy atom. The van der Waals surface area contributed by atoms with Gasteiger partial charge in [-0.2, -0.15) is 0 Å². The Hall–Kier alpha value is -2.18. The monoisotopic (exact) mass is 710 g/mol. The summed E-state index contributed by atoms with van der Waals surface area (Å²) in [5, 5.41) is 10.7. The minimum atomic E-state index is -0.732. The van der Waals surface area contributed by atoms with Crippen LogP contribution in [0.2, 0.25) is 0 Å². The number of ether oxygens (including phenoxy) is 8. The highest BCUT2D eigenvalue weighted by atomic mass is 16.8. The van der Waals surface area contributed by atoms with Gasteiger partial charge in [0.05, 0.1) is 51.3 Å². The summed E-state index contributed by atoms with van der Waals surface area (Å²) in [4.78, 5) is 0. The van der Waals surface area contributed by atoms with Crippen LogP contribution in [-0.4, -0.2) is 80.4 Å². The van der Waals surface area contributed by atoms with Crippen molar-refractivity contribution in [2.24, 2.45) is 35.5 Å². The first-order valence-electron chi connectivity index (χ1n) is 19.0. The van der Waals surface area contributed by atoms with Crippen LogP contribution >= 0.6 is 0 Å². The Balaban J connectivity index is 1.38. The zero-order valence-corrected chi connectivity index (χ0v) is 31.7. The SMILES string of the molecule is C=CCO[C@H]1OC(CO)[C@@H](O[C@@H]2OC(COCc3ccccc3)[C@@H](C)[C@H](C)C2C)[C@H](O[C@@H]2OC(CC)[C@@H](C)[C@H](C)C2OCc2ccccc2)C1C. The third kappa shape index (κ3) is 9.88. The van der Waals surface area contributed by atoms with Gasteiger partial charge in [0.15, 0.2) is 18.9 Å². The molecule has 0 aromatic heterocycles. The van der Waals surface area contributed by atoms with Gasteiger partial charge in [-0.05, 0) is 41.2 Å². The van der Waals surface area contributed by atoms with Gasteiger partial charge in [0.25, 0.3) is 0 Å². The zero-order valence-electron chi connectivity index (χ0n) is 31.7. The molecule has 2 aromatic carbocycles. The second-order valence-electron chi connectivity index (χ2n) is 15.0. The van der Waals surface area contributed by atoms with Crippen molar-refractivity contribution in [3.8, 4) is 0 Å². The van der Waals surface area contributed by atoms with Crippen LogP contribution in [-0.2, 0) is 51.1 Å². The molecular formula is C42H62O9. The van der Waals surface area contributed by atoms with E-state index in [1.807, 2.05) is 43.3 Å². The quantitative estimate of drug-likeness (QED) is 0.182. The molecule has 2 aromatic rings. The second-order valence-corrected chi connectivity index (χ2v) is 15.0. The largest absolute Gasteiger partial charge is 0.394 e.